The molecule has 1 unspecified atom stereocenters. The Morgan fingerprint density at radius 2 is 1.83 bits per heavy atom. The first-order valence-electron chi connectivity index (χ1n) is 10.6. The standard InChI is InChI=1S/C21H26F3N3O5S3/c22-21(23,24)34(29,30)20-12-18(35(25,31)32)6-7-19(20)26-15(8-10-27-11-9-16(28)13-27)14-33-17-4-2-1-3-5-17/h1-7,12,15-16,26,28H,8-11,13-14H2,(H2,25,31,32)/t15-,16?/m1/s1. The smallest absolute Gasteiger partial charge is 0.392 e. The van der Waals surface area contributed by atoms with Gasteiger partial charge in [0, 0.05) is 36.3 Å². The Kier molecular flexibility index (Phi) is 8.76. The molecule has 1 saturated heterocycles. The number of halogens is 3. The summed E-state index contributed by atoms with van der Waals surface area (Å²) in [4.78, 5) is 0.989. The van der Waals surface area contributed by atoms with E-state index in [1.807, 2.05) is 35.2 Å². The molecule has 0 saturated carbocycles. The largest absolute Gasteiger partial charge is 0.501 e. The van der Waals surface area contributed by atoms with Crippen molar-refractivity contribution in [3.8, 4) is 0 Å². The molecule has 2 atom stereocenters. The van der Waals surface area contributed by atoms with Gasteiger partial charge >= 0.3 is 5.51 Å². The molecule has 1 heterocycles. The third-order valence-electron chi connectivity index (χ3n) is 5.47. The van der Waals surface area contributed by atoms with Crippen LogP contribution in [0, 0.1) is 0 Å². The molecule has 0 amide bonds. The summed E-state index contributed by atoms with van der Waals surface area (Å²) in [6.45, 7) is 1.69. The van der Waals surface area contributed by atoms with Crippen LogP contribution >= 0.6 is 11.8 Å². The molecule has 3 rings (SSSR count). The van der Waals surface area contributed by atoms with Crippen LogP contribution in [-0.2, 0) is 19.9 Å². The van der Waals surface area contributed by atoms with E-state index in [1.54, 1.807) is 0 Å². The molecular weight excluding hydrogens is 527 g/mol. The van der Waals surface area contributed by atoms with Crippen LogP contribution in [0.1, 0.15) is 12.8 Å². The van der Waals surface area contributed by atoms with Gasteiger partial charge in [-0.3, -0.25) is 0 Å². The van der Waals surface area contributed by atoms with Gasteiger partial charge in [0.25, 0.3) is 9.84 Å². The molecule has 2 aromatic rings. The molecule has 0 aliphatic carbocycles. The highest BCUT2D eigenvalue weighted by Crippen LogP contribution is 2.36. The number of alkyl halides is 3. The zero-order valence-corrected chi connectivity index (χ0v) is 20.9. The Morgan fingerprint density at radius 3 is 2.40 bits per heavy atom. The van der Waals surface area contributed by atoms with Gasteiger partial charge in [0.15, 0.2) is 0 Å². The molecule has 1 aliphatic heterocycles. The zero-order chi connectivity index (χ0) is 25.9. The van der Waals surface area contributed by atoms with E-state index in [-0.39, 0.29) is 5.69 Å². The number of nitrogens with one attached hydrogen (secondary N) is 1. The van der Waals surface area contributed by atoms with Gasteiger partial charge in [-0.1, -0.05) is 18.2 Å². The first-order chi connectivity index (χ1) is 16.3. The summed E-state index contributed by atoms with van der Waals surface area (Å²) in [5.41, 5.74) is -6.00. The summed E-state index contributed by atoms with van der Waals surface area (Å²) in [7, 11) is -10.3. The quantitative estimate of drug-likeness (QED) is 0.383. The maximum Gasteiger partial charge on any atom is 0.501 e. The number of sulfone groups is 1. The monoisotopic (exact) mass is 553 g/mol. The van der Waals surface area contributed by atoms with Crippen LogP contribution in [0.5, 0.6) is 0 Å². The van der Waals surface area contributed by atoms with E-state index in [0.717, 1.165) is 17.0 Å². The zero-order valence-electron chi connectivity index (χ0n) is 18.5. The van der Waals surface area contributed by atoms with Crippen LogP contribution in [0.2, 0.25) is 0 Å². The van der Waals surface area contributed by atoms with Gasteiger partial charge in [-0.15, -0.1) is 11.8 Å². The van der Waals surface area contributed by atoms with Crippen LogP contribution < -0.4 is 10.5 Å². The van der Waals surface area contributed by atoms with Crippen molar-refractivity contribution in [1.82, 2.24) is 4.90 Å². The molecule has 4 N–H and O–H groups in total. The van der Waals surface area contributed by atoms with E-state index in [2.05, 4.69) is 5.32 Å². The minimum absolute atomic E-state index is 0.366. The second-order valence-corrected chi connectivity index (χ2v) is 12.7. The Hall–Kier alpha value is -1.84. The fraction of sp³-hybridized carbons (Fsp3) is 0.429. The van der Waals surface area contributed by atoms with Crippen molar-refractivity contribution in [2.45, 2.75) is 45.2 Å². The number of thioether (sulfide) groups is 1. The van der Waals surface area contributed by atoms with Crippen molar-refractivity contribution in [3.05, 3.63) is 48.5 Å². The molecule has 35 heavy (non-hydrogen) atoms. The van der Waals surface area contributed by atoms with E-state index in [1.165, 1.54) is 11.8 Å². The summed E-state index contributed by atoms with van der Waals surface area (Å²) in [6.07, 6.45) is 0.629. The third-order valence-corrected chi connectivity index (χ3v) is 9.08. The van der Waals surface area contributed by atoms with Crippen molar-refractivity contribution < 1.29 is 35.1 Å². The number of aliphatic hydroxyl groups excluding tert-OH is 1. The lowest BCUT2D eigenvalue weighted by Gasteiger charge is -2.24. The molecule has 2 aromatic carbocycles. The van der Waals surface area contributed by atoms with Crippen LogP contribution in [0.4, 0.5) is 18.9 Å². The van der Waals surface area contributed by atoms with Crippen LogP contribution in [0.3, 0.4) is 0 Å². The van der Waals surface area contributed by atoms with E-state index in [0.29, 0.717) is 44.3 Å². The van der Waals surface area contributed by atoms with E-state index >= 15 is 0 Å². The van der Waals surface area contributed by atoms with Crippen molar-refractivity contribution in [2.24, 2.45) is 5.14 Å². The number of nitrogens with two attached hydrogens (primary N) is 1. The molecule has 8 nitrogen and oxygen atoms in total. The first-order valence-corrected chi connectivity index (χ1v) is 14.6. The van der Waals surface area contributed by atoms with Crippen molar-refractivity contribution in [3.63, 3.8) is 0 Å². The van der Waals surface area contributed by atoms with Crippen LogP contribution in [-0.4, -0.2) is 69.9 Å². The van der Waals surface area contributed by atoms with Gasteiger partial charge < -0.3 is 15.3 Å². The highest BCUT2D eigenvalue weighted by Gasteiger charge is 2.48. The molecule has 1 aliphatic rings. The second-order valence-electron chi connectivity index (χ2n) is 8.15. The lowest BCUT2D eigenvalue weighted by atomic mass is 10.2. The molecule has 1 fully saturated rings. The second kappa shape index (κ2) is 11.0. The number of likely N-dealkylation sites (tertiary alicyclic amines) is 1. The molecule has 0 spiro atoms. The van der Waals surface area contributed by atoms with E-state index < -0.39 is 47.3 Å². The first kappa shape index (κ1) is 27.7. The number of β-amino-alcohol motifs (C(OH)–C–C–N with tert-alkyl or cyclic N) is 1. The summed E-state index contributed by atoms with van der Waals surface area (Å²) in [5, 5.41) is 17.7. The average molecular weight is 554 g/mol. The Labute approximate surface area is 206 Å². The number of benzene rings is 2. The molecule has 194 valence electrons. The number of aliphatic hydroxyl groups is 1. The number of sulfonamides is 1. The molecule has 0 bridgehead atoms. The minimum atomic E-state index is -5.87. The van der Waals surface area contributed by atoms with Crippen LogP contribution in [0.15, 0.2) is 63.2 Å². The third kappa shape index (κ3) is 7.33. The summed E-state index contributed by atoms with van der Waals surface area (Å²) in [5.74, 6) is 0.392. The number of primary sulfonamides is 1. The van der Waals surface area contributed by atoms with Crippen molar-refractivity contribution in [1.29, 1.82) is 0 Å². The lowest BCUT2D eigenvalue weighted by molar-refractivity contribution is -0.0435. The Balaban J connectivity index is 1.91. The highest BCUT2D eigenvalue weighted by molar-refractivity contribution is 7.99. The molecular formula is C21H26F3N3O5S3. The molecule has 14 heteroatoms. The van der Waals surface area contributed by atoms with Gasteiger partial charge in [-0.25, -0.2) is 22.0 Å². The normalized spacial score (nSPS) is 18.5. The maximum absolute atomic E-state index is 13.4. The number of hydrogen-bond acceptors (Lipinski definition) is 8. The predicted molar refractivity (Wildman–Crippen MR) is 127 cm³/mol. The van der Waals surface area contributed by atoms with Gasteiger partial charge in [-0.05, 0) is 43.2 Å². The summed E-state index contributed by atoms with van der Waals surface area (Å²) >= 11 is 1.44. The maximum atomic E-state index is 13.4. The fourth-order valence-corrected chi connectivity index (χ4v) is 6.19. The summed E-state index contributed by atoms with van der Waals surface area (Å²) in [6, 6.07) is 11.2. The lowest BCUT2D eigenvalue weighted by Crippen LogP contribution is -2.32. The van der Waals surface area contributed by atoms with Gasteiger partial charge in [0.05, 0.1) is 16.7 Å². The van der Waals surface area contributed by atoms with Gasteiger partial charge in [0.1, 0.15) is 4.90 Å². The predicted octanol–water partition coefficient (Wildman–Crippen LogP) is 2.66. The fourth-order valence-electron chi connectivity index (χ4n) is 3.63. The van der Waals surface area contributed by atoms with Crippen molar-refractivity contribution >= 4 is 37.3 Å². The van der Waals surface area contributed by atoms with Gasteiger partial charge in [-0.2, -0.15) is 13.2 Å². The number of hydrogen-bond donors (Lipinski definition) is 3. The van der Waals surface area contributed by atoms with E-state index in [4.69, 9.17) is 5.14 Å². The van der Waals surface area contributed by atoms with Crippen molar-refractivity contribution in [2.75, 3.05) is 30.7 Å². The SMILES string of the molecule is NS(=O)(=O)c1ccc(N[C@H](CCN2CCC(O)C2)CSc2ccccc2)c(S(=O)(=O)C(F)(F)F)c1. The number of anilines is 1. The average Bonchev–Trinajstić information content (AvgIpc) is 3.20. The minimum Gasteiger partial charge on any atom is -0.392 e. The number of rotatable bonds is 10. The highest BCUT2D eigenvalue weighted by atomic mass is 32.2. The Morgan fingerprint density at radius 1 is 1.14 bits per heavy atom. The van der Waals surface area contributed by atoms with Crippen LogP contribution in [0.25, 0.3) is 0 Å². The van der Waals surface area contributed by atoms with Gasteiger partial charge in [0.2, 0.25) is 10.0 Å². The topological polar surface area (TPSA) is 130 Å². The summed E-state index contributed by atoms with van der Waals surface area (Å²) < 4.78 is 88.1. The Bertz CT molecular complexity index is 1230. The number of nitrogens with zero attached hydrogens (tertiary/aromatic N) is 1. The molecule has 0 aromatic heterocycles. The molecule has 0 radical (unpaired) electrons. The van der Waals surface area contributed by atoms with E-state index in [9.17, 15) is 35.1 Å².